The smallest absolute Gasteiger partial charge is 0.326 e. The minimum Gasteiger partial charge on any atom is -0.480 e. The Balaban J connectivity index is 2.71. The summed E-state index contributed by atoms with van der Waals surface area (Å²) in [5, 5.41) is 11.4. The van der Waals surface area contributed by atoms with Gasteiger partial charge in [-0.3, -0.25) is 4.79 Å². The fraction of sp³-hybridized carbons (Fsp3) is 0.500. The van der Waals surface area contributed by atoms with Crippen LogP contribution in [-0.4, -0.2) is 38.6 Å². The molecule has 4 N–H and O–H groups in total. The molecule has 0 aliphatic carbocycles. The van der Waals surface area contributed by atoms with E-state index in [4.69, 9.17) is 10.8 Å². The first-order chi connectivity index (χ1) is 7.91. The van der Waals surface area contributed by atoms with Gasteiger partial charge in [-0.05, 0) is 6.92 Å². The molecule has 0 aromatic carbocycles. The molecule has 0 saturated heterocycles. The number of aryl methyl sites for hydroxylation is 1. The first-order valence-corrected chi connectivity index (χ1v) is 5.15. The van der Waals surface area contributed by atoms with Gasteiger partial charge in [0.15, 0.2) is 0 Å². The van der Waals surface area contributed by atoms with Gasteiger partial charge in [-0.2, -0.15) is 0 Å². The van der Waals surface area contributed by atoms with Gasteiger partial charge in [-0.25, -0.2) is 9.78 Å². The molecule has 7 nitrogen and oxygen atoms in total. The molecule has 2 unspecified atom stereocenters. The number of aromatic nitrogens is 2. The van der Waals surface area contributed by atoms with Gasteiger partial charge in [0.05, 0.1) is 12.4 Å². The van der Waals surface area contributed by atoms with Crippen molar-refractivity contribution >= 4 is 11.9 Å². The second kappa shape index (κ2) is 5.44. The van der Waals surface area contributed by atoms with Crippen LogP contribution < -0.4 is 11.1 Å². The number of carbonyl (C=O) groups is 2. The number of carboxylic acid groups (broad SMARTS) is 1. The highest BCUT2D eigenvalue weighted by molar-refractivity contribution is 5.86. The largest absolute Gasteiger partial charge is 0.480 e. The highest BCUT2D eigenvalue weighted by Gasteiger charge is 2.22. The SMILES string of the molecule is CC(N)C(=O)NC(Cc1cncn1C)C(=O)O. The van der Waals surface area contributed by atoms with Crippen LogP contribution in [0.25, 0.3) is 0 Å². The predicted octanol–water partition coefficient (Wildman–Crippen LogP) is -1.12. The molecule has 1 amide bonds. The molecule has 17 heavy (non-hydrogen) atoms. The highest BCUT2D eigenvalue weighted by Crippen LogP contribution is 2.02. The number of carboxylic acids is 1. The van der Waals surface area contributed by atoms with Crippen LogP contribution >= 0.6 is 0 Å². The van der Waals surface area contributed by atoms with Crippen molar-refractivity contribution < 1.29 is 14.7 Å². The molecule has 2 atom stereocenters. The van der Waals surface area contributed by atoms with E-state index in [9.17, 15) is 9.59 Å². The van der Waals surface area contributed by atoms with Crippen molar-refractivity contribution in [3.05, 3.63) is 18.2 Å². The van der Waals surface area contributed by atoms with E-state index in [1.54, 1.807) is 24.1 Å². The van der Waals surface area contributed by atoms with Gasteiger partial charge in [-0.1, -0.05) is 0 Å². The van der Waals surface area contributed by atoms with Crippen molar-refractivity contribution in [3.8, 4) is 0 Å². The van der Waals surface area contributed by atoms with E-state index in [1.807, 2.05) is 0 Å². The second-order valence-electron chi connectivity index (χ2n) is 3.89. The zero-order valence-electron chi connectivity index (χ0n) is 9.75. The molecule has 1 aromatic heterocycles. The quantitative estimate of drug-likeness (QED) is 0.603. The molecule has 0 saturated carbocycles. The summed E-state index contributed by atoms with van der Waals surface area (Å²) in [6.07, 6.45) is 3.31. The van der Waals surface area contributed by atoms with Gasteiger partial charge in [0.1, 0.15) is 6.04 Å². The lowest BCUT2D eigenvalue weighted by Crippen LogP contribution is -2.48. The Morgan fingerprint density at radius 3 is 2.71 bits per heavy atom. The number of amides is 1. The Hall–Kier alpha value is -1.89. The normalized spacial score (nSPS) is 14.1. The lowest BCUT2D eigenvalue weighted by Gasteiger charge is -2.16. The summed E-state index contributed by atoms with van der Waals surface area (Å²) < 4.78 is 1.70. The Kier molecular flexibility index (Phi) is 4.22. The molecule has 0 bridgehead atoms. The van der Waals surface area contributed by atoms with E-state index in [0.717, 1.165) is 5.69 Å². The third-order valence-electron chi connectivity index (χ3n) is 2.36. The van der Waals surface area contributed by atoms with Gasteiger partial charge in [-0.15, -0.1) is 0 Å². The van der Waals surface area contributed by atoms with E-state index in [1.165, 1.54) is 6.92 Å². The Morgan fingerprint density at radius 1 is 1.65 bits per heavy atom. The number of nitrogens with one attached hydrogen (secondary N) is 1. The minimum absolute atomic E-state index is 0.171. The number of nitrogens with two attached hydrogens (primary N) is 1. The third kappa shape index (κ3) is 3.56. The standard InChI is InChI=1S/C10H16N4O3/c1-6(11)9(15)13-8(10(16)17)3-7-4-12-5-14(7)2/h4-6,8H,3,11H2,1-2H3,(H,13,15)(H,16,17). The van der Waals surface area contributed by atoms with Crippen LogP contribution in [0.5, 0.6) is 0 Å². The van der Waals surface area contributed by atoms with Gasteiger partial charge in [0.25, 0.3) is 0 Å². The minimum atomic E-state index is -1.10. The van der Waals surface area contributed by atoms with Crippen molar-refractivity contribution in [2.24, 2.45) is 12.8 Å². The van der Waals surface area contributed by atoms with Crippen molar-refractivity contribution in [3.63, 3.8) is 0 Å². The zero-order chi connectivity index (χ0) is 13.0. The number of hydrogen-bond acceptors (Lipinski definition) is 4. The van der Waals surface area contributed by atoms with Crippen LogP contribution in [0.2, 0.25) is 0 Å². The topological polar surface area (TPSA) is 110 Å². The van der Waals surface area contributed by atoms with Gasteiger partial charge in [0.2, 0.25) is 5.91 Å². The maximum Gasteiger partial charge on any atom is 0.326 e. The molecule has 0 aliphatic rings. The summed E-state index contributed by atoms with van der Waals surface area (Å²) in [7, 11) is 1.76. The van der Waals surface area contributed by atoms with Crippen molar-refractivity contribution in [2.75, 3.05) is 0 Å². The molecule has 1 aromatic rings. The zero-order valence-corrected chi connectivity index (χ0v) is 9.75. The number of hydrogen-bond donors (Lipinski definition) is 3. The van der Waals surface area contributed by atoms with Crippen LogP contribution in [0, 0.1) is 0 Å². The average molecular weight is 240 g/mol. The average Bonchev–Trinajstić information content (AvgIpc) is 2.62. The van der Waals surface area contributed by atoms with Crippen molar-refractivity contribution in [2.45, 2.75) is 25.4 Å². The summed E-state index contributed by atoms with van der Waals surface area (Å²) in [4.78, 5) is 26.2. The van der Waals surface area contributed by atoms with E-state index < -0.39 is 24.0 Å². The monoisotopic (exact) mass is 240 g/mol. The number of aliphatic carboxylic acids is 1. The number of imidazole rings is 1. The van der Waals surface area contributed by atoms with Gasteiger partial charge < -0.3 is 20.7 Å². The summed E-state index contributed by atoms with van der Waals surface area (Å²) >= 11 is 0. The lowest BCUT2D eigenvalue weighted by molar-refractivity contribution is -0.141. The Bertz CT molecular complexity index is 413. The van der Waals surface area contributed by atoms with Gasteiger partial charge >= 0.3 is 5.97 Å². The molecule has 7 heteroatoms. The first kappa shape index (κ1) is 13.2. The maximum absolute atomic E-state index is 11.3. The predicted molar refractivity (Wildman–Crippen MR) is 60.1 cm³/mol. The first-order valence-electron chi connectivity index (χ1n) is 5.15. The molecular formula is C10H16N4O3. The van der Waals surface area contributed by atoms with E-state index in [2.05, 4.69) is 10.3 Å². The summed E-state index contributed by atoms with van der Waals surface area (Å²) in [5.74, 6) is -1.58. The fourth-order valence-electron chi connectivity index (χ4n) is 1.29. The van der Waals surface area contributed by atoms with Crippen LogP contribution in [0.1, 0.15) is 12.6 Å². The van der Waals surface area contributed by atoms with Crippen LogP contribution in [-0.2, 0) is 23.1 Å². The summed E-state index contributed by atoms with van der Waals surface area (Å²) in [6, 6.07) is -1.73. The lowest BCUT2D eigenvalue weighted by atomic mass is 10.1. The highest BCUT2D eigenvalue weighted by atomic mass is 16.4. The number of nitrogens with zero attached hydrogens (tertiary/aromatic N) is 2. The van der Waals surface area contributed by atoms with E-state index in [-0.39, 0.29) is 6.42 Å². The molecule has 94 valence electrons. The third-order valence-corrected chi connectivity index (χ3v) is 2.36. The number of carbonyl (C=O) groups excluding carboxylic acids is 1. The number of rotatable bonds is 5. The summed E-state index contributed by atoms with van der Waals surface area (Å²) in [6.45, 7) is 1.50. The fourth-order valence-corrected chi connectivity index (χ4v) is 1.29. The maximum atomic E-state index is 11.3. The summed E-state index contributed by atoms with van der Waals surface area (Å²) in [5.41, 5.74) is 6.09. The van der Waals surface area contributed by atoms with E-state index >= 15 is 0 Å². The van der Waals surface area contributed by atoms with Crippen molar-refractivity contribution in [1.29, 1.82) is 0 Å². The van der Waals surface area contributed by atoms with Crippen LogP contribution in [0.3, 0.4) is 0 Å². The van der Waals surface area contributed by atoms with E-state index in [0.29, 0.717) is 0 Å². The van der Waals surface area contributed by atoms with Crippen LogP contribution in [0.15, 0.2) is 12.5 Å². The molecular weight excluding hydrogens is 224 g/mol. The molecule has 0 aliphatic heterocycles. The van der Waals surface area contributed by atoms with Crippen LogP contribution in [0.4, 0.5) is 0 Å². The van der Waals surface area contributed by atoms with Crippen molar-refractivity contribution in [1.82, 2.24) is 14.9 Å². The molecule has 1 heterocycles. The van der Waals surface area contributed by atoms with Gasteiger partial charge in [0, 0.05) is 25.4 Å². The Labute approximate surface area is 98.6 Å². The molecule has 0 fully saturated rings. The Morgan fingerprint density at radius 2 is 2.29 bits per heavy atom. The molecule has 0 radical (unpaired) electrons. The molecule has 1 rings (SSSR count). The second-order valence-corrected chi connectivity index (χ2v) is 3.89. The molecule has 0 spiro atoms.